The van der Waals surface area contributed by atoms with Crippen molar-refractivity contribution in [2.75, 3.05) is 7.11 Å². The maximum Gasteiger partial charge on any atom is 0.202 e. The molecule has 1 aliphatic heterocycles. The Morgan fingerprint density at radius 3 is 2.64 bits per heavy atom. The van der Waals surface area contributed by atoms with Crippen LogP contribution in [0.1, 0.15) is 43.1 Å². The molecule has 0 radical (unpaired) electrons. The zero-order valence-electron chi connectivity index (χ0n) is 16.5. The van der Waals surface area contributed by atoms with E-state index >= 15 is 0 Å². The average Bonchev–Trinajstić information content (AvgIpc) is 2.64. The summed E-state index contributed by atoms with van der Waals surface area (Å²) in [5.41, 5.74) is 0.703. The lowest BCUT2D eigenvalue weighted by molar-refractivity contribution is -0.0214. The summed E-state index contributed by atoms with van der Waals surface area (Å²) < 4.78 is 11.3. The van der Waals surface area contributed by atoms with Crippen LogP contribution in [0.3, 0.4) is 0 Å². The number of allylic oxidation sites excluding steroid dienone is 4. The second-order valence-corrected chi connectivity index (χ2v) is 7.78. The minimum atomic E-state index is -1.44. The zero-order valence-corrected chi connectivity index (χ0v) is 16.5. The Balaban J connectivity index is 2.07. The van der Waals surface area contributed by atoms with Gasteiger partial charge in [0.1, 0.15) is 34.7 Å². The molecule has 3 rings (SSSR count). The van der Waals surface area contributed by atoms with Crippen LogP contribution in [0, 0.1) is 5.41 Å². The van der Waals surface area contributed by atoms with Gasteiger partial charge in [-0.2, -0.15) is 0 Å². The van der Waals surface area contributed by atoms with Gasteiger partial charge in [-0.1, -0.05) is 24.6 Å². The largest absolute Gasteiger partial charge is 0.507 e. The van der Waals surface area contributed by atoms with E-state index in [9.17, 15) is 20.1 Å². The van der Waals surface area contributed by atoms with Crippen LogP contribution < -0.4 is 4.74 Å². The van der Waals surface area contributed by atoms with Crippen molar-refractivity contribution in [3.63, 3.8) is 0 Å². The summed E-state index contributed by atoms with van der Waals surface area (Å²) in [5.74, 6) is -0.330. The smallest absolute Gasteiger partial charge is 0.202 e. The number of fused-ring (bicyclic) bond motifs is 1. The molecule has 0 saturated carbocycles. The Bertz CT molecular complexity index is 891. The third-order valence-electron chi connectivity index (χ3n) is 5.36. The van der Waals surface area contributed by atoms with Gasteiger partial charge in [0, 0.05) is 17.0 Å². The highest BCUT2D eigenvalue weighted by Crippen LogP contribution is 2.47. The monoisotopic (exact) mass is 386 g/mol. The van der Waals surface area contributed by atoms with Crippen LogP contribution >= 0.6 is 0 Å². The Morgan fingerprint density at radius 1 is 1.36 bits per heavy atom. The molecule has 3 atom stereocenters. The van der Waals surface area contributed by atoms with Gasteiger partial charge in [-0.25, -0.2) is 0 Å². The van der Waals surface area contributed by atoms with E-state index in [1.165, 1.54) is 0 Å². The fourth-order valence-corrected chi connectivity index (χ4v) is 3.61. The maximum absolute atomic E-state index is 12.9. The molecular weight excluding hydrogens is 360 g/mol. The van der Waals surface area contributed by atoms with Crippen molar-refractivity contribution in [3.8, 4) is 17.2 Å². The molecule has 3 unspecified atom stereocenters. The van der Waals surface area contributed by atoms with E-state index in [0.717, 1.165) is 11.6 Å². The lowest BCUT2D eigenvalue weighted by atomic mass is 9.73. The van der Waals surface area contributed by atoms with Crippen molar-refractivity contribution in [2.45, 2.75) is 45.8 Å². The van der Waals surface area contributed by atoms with Gasteiger partial charge in [0.15, 0.2) is 6.10 Å². The molecule has 1 heterocycles. The number of hydrogen-bond donors (Lipinski definition) is 3. The first-order valence-electron chi connectivity index (χ1n) is 9.21. The normalized spacial score (nSPS) is 26.2. The molecule has 2 aliphatic rings. The molecule has 0 fully saturated rings. The summed E-state index contributed by atoms with van der Waals surface area (Å²) in [6, 6.07) is 1.12. The summed E-state index contributed by atoms with van der Waals surface area (Å²) in [6.07, 6.45) is 5.95. The average molecular weight is 386 g/mol. The van der Waals surface area contributed by atoms with Gasteiger partial charge < -0.3 is 24.8 Å². The van der Waals surface area contributed by atoms with Crippen LogP contribution in [0.15, 0.2) is 41.7 Å². The molecule has 28 heavy (non-hydrogen) atoms. The highest BCUT2D eigenvalue weighted by Gasteiger charge is 2.48. The first-order valence-corrected chi connectivity index (χ1v) is 9.21. The number of methoxy groups -OCH3 is 1. The Hall–Kier alpha value is -2.73. The molecule has 1 aliphatic carbocycles. The van der Waals surface area contributed by atoms with E-state index in [2.05, 4.69) is 0 Å². The van der Waals surface area contributed by atoms with Crippen molar-refractivity contribution >= 4 is 5.78 Å². The lowest BCUT2D eigenvalue weighted by Crippen LogP contribution is -2.51. The van der Waals surface area contributed by atoms with Gasteiger partial charge in [-0.05, 0) is 38.8 Å². The number of phenols is 2. The third kappa shape index (κ3) is 3.40. The first kappa shape index (κ1) is 20.0. The van der Waals surface area contributed by atoms with Gasteiger partial charge in [0.05, 0.1) is 7.11 Å². The van der Waals surface area contributed by atoms with Crippen molar-refractivity contribution < 1.29 is 29.6 Å². The number of carbonyl (C=O) groups is 1. The SMILES string of the molecule is COC1=CCC(C)(C2Oc3c(CC=C(C)C)c(O)cc(O)c3C(=O)C2O)C=C1. The Labute approximate surface area is 164 Å². The van der Waals surface area contributed by atoms with Crippen LogP contribution in [0.25, 0.3) is 0 Å². The second kappa shape index (κ2) is 7.36. The van der Waals surface area contributed by atoms with Crippen molar-refractivity contribution in [3.05, 3.63) is 52.8 Å². The summed E-state index contributed by atoms with van der Waals surface area (Å²) in [7, 11) is 1.58. The molecule has 0 spiro atoms. The number of carbonyl (C=O) groups excluding carboxylic acids is 1. The number of aromatic hydroxyl groups is 2. The maximum atomic E-state index is 12.9. The fourth-order valence-electron chi connectivity index (χ4n) is 3.61. The summed E-state index contributed by atoms with van der Waals surface area (Å²) in [4.78, 5) is 12.9. The predicted octanol–water partition coefficient (Wildman–Crippen LogP) is 3.41. The highest BCUT2D eigenvalue weighted by atomic mass is 16.5. The van der Waals surface area contributed by atoms with E-state index in [1.54, 1.807) is 13.2 Å². The second-order valence-electron chi connectivity index (χ2n) is 7.78. The number of aliphatic hydroxyl groups is 1. The summed E-state index contributed by atoms with van der Waals surface area (Å²) >= 11 is 0. The highest BCUT2D eigenvalue weighted by molar-refractivity contribution is 6.06. The zero-order chi connectivity index (χ0) is 20.6. The number of benzene rings is 1. The summed E-state index contributed by atoms with van der Waals surface area (Å²) in [6.45, 7) is 5.74. The Kier molecular flexibility index (Phi) is 5.26. The standard InChI is InChI=1S/C22H26O6/c1-12(2)5-6-14-15(23)11-16(24)17-18(25)19(26)21(28-20(14)17)22(3)9-7-13(27-4)8-10-22/h5,7-9,11,19,21,23-24,26H,6,10H2,1-4H3. The molecule has 0 bridgehead atoms. The minimum Gasteiger partial charge on any atom is -0.507 e. The molecular formula is C22H26O6. The molecule has 3 N–H and O–H groups in total. The lowest BCUT2D eigenvalue weighted by Gasteiger charge is -2.41. The van der Waals surface area contributed by atoms with E-state index in [4.69, 9.17) is 9.47 Å². The number of rotatable bonds is 4. The topological polar surface area (TPSA) is 96.2 Å². The number of aliphatic hydroxyl groups excluding tert-OH is 1. The number of hydrogen-bond acceptors (Lipinski definition) is 6. The van der Waals surface area contributed by atoms with Gasteiger partial charge in [0.2, 0.25) is 5.78 Å². The summed E-state index contributed by atoms with van der Waals surface area (Å²) in [5, 5.41) is 31.3. The molecule has 0 saturated heterocycles. The van der Waals surface area contributed by atoms with Crippen molar-refractivity contribution in [1.82, 2.24) is 0 Å². The quantitative estimate of drug-likeness (QED) is 0.687. The van der Waals surface area contributed by atoms with E-state index in [1.807, 2.05) is 39.0 Å². The molecule has 1 aromatic rings. The van der Waals surface area contributed by atoms with Gasteiger partial charge >= 0.3 is 0 Å². The molecule has 6 nitrogen and oxygen atoms in total. The van der Waals surface area contributed by atoms with Gasteiger partial charge in [0.25, 0.3) is 0 Å². The molecule has 6 heteroatoms. The van der Waals surface area contributed by atoms with Gasteiger partial charge in [-0.3, -0.25) is 4.79 Å². The Morgan fingerprint density at radius 2 is 2.07 bits per heavy atom. The molecule has 0 aromatic heterocycles. The first-order chi connectivity index (χ1) is 13.2. The van der Waals surface area contributed by atoms with Gasteiger partial charge in [-0.15, -0.1) is 0 Å². The number of Topliss-reactive ketones (excluding diaryl/α,β-unsaturated/α-hetero) is 1. The van der Waals surface area contributed by atoms with Crippen LogP contribution in [0.5, 0.6) is 17.2 Å². The van der Waals surface area contributed by atoms with E-state index in [-0.39, 0.29) is 17.1 Å². The molecule has 150 valence electrons. The fraction of sp³-hybridized carbons (Fsp3) is 0.409. The van der Waals surface area contributed by atoms with Crippen LogP contribution in [0.2, 0.25) is 0 Å². The van der Waals surface area contributed by atoms with Crippen LogP contribution in [-0.4, -0.2) is 40.4 Å². The molecule has 0 amide bonds. The molecule has 1 aromatic carbocycles. The van der Waals surface area contributed by atoms with E-state index < -0.39 is 29.2 Å². The number of ether oxygens (including phenoxy) is 2. The van der Waals surface area contributed by atoms with Crippen molar-refractivity contribution in [2.24, 2.45) is 5.41 Å². The van der Waals surface area contributed by atoms with E-state index in [0.29, 0.717) is 24.2 Å². The minimum absolute atomic E-state index is 0.0878. The van der Waals surface area contributed by atoms with Crippen LogP contribution in [0.4, 0.5) is 0 Å². The third-order valence-corrected chi connectivity index (χ3v) is 5.36. The predicted molar refractivity (Wildman–Crippen MR) is 105 cm³/mol. The number of phenolic OH excluding ortho intramolecular Hbond substituents is 2. The van der Waals surface area contributed by atoms with Crippen LogP contribution in [-0.2, 0) is 11.2 Å². The van der Waals surface area contributed by atoms with Crippen molar-refractivity contribution in [1.29, 1.82) is 0 Å². The number of ketones is 1.